The highest BCUT2D eigenvalue weighted by molar-refractivity contribution is 6.01. The fourth-order valence-corrected chi connectivity index (χ4v) is 3.57. The van der Waals surface area contributed by atoms with Crippen molar-refractivity contribution in [1.82, 2.24) is 5.32 Å². The molecule has 0 heterocycles. The molecule has 0 bridgehead atoms. The van der Waals surface area contributed by atoms with Gasteiger partial charge in [-0.25, -0.2) is 0 Å². The van der Waals surface area contributed by atoms with E-state index in [1.165, 1.54) is 5.56 Å². The summed E-state index contributed by atoms with van der Waals surface area (Å²) in [5, 5.41) is 12.4. The molecule has 3 aromatic carbocycles. The normalized spacial score (nSPS) is 10.8. The number of benzene rings is 3. The lowest BCUT2D eigenvalue weighted by Crippen LogP contribution is -2.23. The predicted molar refractivity (Wildman–Crippen MR) is 141 cm³/mol. The van der Waals surface area contributed by atoms with Crippen LogP contribution < -0.4 is 19.5 Å². The zero-order chi connectivity index (χ0) is 25.9. The van der Waals surface area contributed by atoms with E-state index in [4.69, 9.17) is 14.2 Å². The Morgan fingerprint density at radius 3 is 2.33 bits per heavy atom. The van der Waals surface area contributed by atoms with Gasteiger partial charge in [0.05, 0.1) is 14.2 Å². The van der Waals surface area contributed by atoms with Crippen molar-refractivity contribution in [2.45, 2.75) is 26.5 Å². The van der Waals surface area contributed by atoms with Gasteiger partial charge in [0.25, 0.3) is 5.91 Å². The van der Waals surface area contributed by atoms with Gasteiger partial charge in [-0.3, -0.25) is 4.79 Å². The number of nitrogens with one attached hydrogen (secondary N) is 1. The number of nitrogens with zero attached hydrogens (tertiary/aromatic N) is 1. The Hall–Kier alpha value is -4.50. The number of carbonyl (C=O) groups excluding carboxylic acids is 1. The molecule has 0 fully saturated rings. The van der Waals surface area contributed by atoms with Crippen LogP contribution in [0.15, 0.2) is 78.9 Å². The number of hydrogen-bond acceptors (Lipinski definition) is 5. The van der Waals surface area contributed by atoms with E-state index in [1.807, 2.05) is 67.6 Å². The Morgan fingerprint density at radius 2 is 1.72 bits per heavy atom. The van der Waals surface area contributed by atoms with Gasteiger partial charge in [-0.2, -0.15) is 5.26 Å². The van der Waals surface area contributed by atoms with Crippen LogP contribution in [0.25, 0.3) is 6.08 Å². The molecule has 36 heavy (non-hydrogen) atoms. The van der Waals surface area contributed by atoms with E-state index in [9.17, 15) is 10.1 Å². The molecule has 0 aliphatic rings. The second-order valence-electron chi connectivity index (χ2n) is 8.18. The summed E-state index contributed by atoms with van der Waals surface area (Å²) in [6, 6.07) is 21.1. The second-order valence-corrected chi connectivity index (χ2v) is 8.18. The van der Waals surface area contributed by atoms with Gasteiger partial charge in [0, 0.05) is 12.1 Å². The van der Waals surface area contributed by atoms with Crippen molar-refractivity contribution in [1.29, 1.82) is 5.26 Å². The minimum Gasteiger partial charge on any atom is -0.497 e. The average molecular weight is 483 g/mol. The maximum Gasteiger partial charge on any atom is 0.262 e. The third kappa shape index (κ3) is 7.00. The molecule has 0 radical (unpaired) electrons. The summed E-state index contributed by atoms with van der Waals surface area (Å²) in [6.45, 7) is 6.55. The molecule has 1 amide bonds. The summed E-state index contributed by atoms with van der Waals surface area (Å²) in [5.41, 5.74) is 4.61. The standard InChI is InChI=1S/C30H30N2O4/c1-5-6-25-15-24(17-28(35-4)29(25)36-20-23-9-7-21(2)8-10-23)16-26(18-31)30(33)32-19-22-11-13-27(34-3)14-12-22/h5,7-17H,1,6,19-20H2,2-4H3,(H,32,33)/b26-16-. The molecule has 0 saturated heterocycles. The molecule has 0 unspecified atom stereocenters. The van der Waals surface area contributed by atoms with Crippen LogP contribution in [0.5, 0.6) is 17.2 Å². The van der Waals surface area contributed by atoms with Gasteiger partial charge in [0.2, 0.25) is 0 Å². The van der Waals surface area contributed by atoms with E-state index in [2.05, 4.69) is 11.9 Å². The third-order valence-electron chi connectivity index (χ3n) is 5.53. The summed E-state index contributed by atoms with van der Waals surface area (Å²) in [6.07, 6.45) is 3.85. The van der Waals surface area contributed by atoms with Crippen molar-refractivity contribution >= 4 is 12.0 Å². The van der Waals surface area contributed by atoms with Gasteiger partial charge < -0.3 is 19.5 Å². The van der Waals surface area contributed by atoms with E-state index < -0.39 is 5.91 Å². The first-order valence-corrected chi connectivity index (χ1v) is 11.5. The third-order valence-corrected chi connectivity index (χ3v) is 5.53. The Bertz CT molecular complexity index is 1270. The molecule has 184 valence electrons. The molecule has 0 aliphatic carbocycles. The van der Waals surface area contributed by atoms with Crippen LogP contribution in [0.4, 0.5) is 0 Å². The zero-order valence-corrected chi connectivity index (χ0v) is 20.8. The fourth-order valence-electron chi connectivity index (χ4n) is 3.57. The molecule has 0 spiro atoms. The largest absolute Gasteiger partial charge is 0.497 e. The van der Waals surface area contributed by atoms with Gasteiger partial charge in [-0.15, -0.1) is 6.58 Å². The second kappa shape index (κ2) is 12.8. The van der Waals surface area contributed by atoms with Gasteiger partial charge in [-0.05, 0) is 60.4 Å². The highest BCUT2D eigenvalue weighted by Crippen LogP contribution is 2.35. The van der Waals surface area contributed by atoms with Gasteiger partial charge in [-0.1, -0.05) is 48.0 Å². The van der Waals surface area contributed by atoms with Gasteiger partial charge in [0.15, 0.2) is 11.5 Å². The Balaban J connectivity index is 1.80. The van der Waals surface area contributed by atoms with E-state index in [0.717, 1.165) is 22.4 Å². The first-order valence-electron chi connectivity index (χ1n) is 11.5. The van der Waals surface area contributed by atoms with Crippen LogP contribution in [0.1, 0.15) is 27.8 Å². The van der Waals surface area contributed by atoms with Crippen molar-refractivity contribution in [3.05, 3.63) is 107 Å². The number of methoxy groups -OCH3 is 2. The highest BCUT2D eigenvalue weighted by Gasteiger charge is 2.15. The molecule has 6 nitrogen and oxygen atoms in total. The fraction of sp³-hybridized carbons (Fsp3) is 0.200. The Morgan fingerprint density at radius 1 is 1.03 bits per heavy atom. The molecule has 0 saturated carbocycles. The predicted octanol–water partition coefficient (Wildman–Crippen LogP) is 5.54. The topological polar surface area (TPSA) is 80.6 Å². The average Bonchev–Trinajstić information content (AvgIpc) is 2.90. The van der Waals surface area contributed by atoms with Crippen molar-refractivity contribution in [3.63, 3.8) is 0 Å². The van der Waals surface area contributed by atoms with Crippen LogP contribution in [0.2, 0.25) is 0 Å². The summed E-state index contributed by atoms with van der Waals surface area (Å²) in [4.78, 5) is 12.7. The SMILES string of the molecule is C=CCc1cc(/C=C(/C#N)C(=O)NCc2ccc(OC)cc2)cc(OC)c1OCc1ccc(C)cc1. The highest BCUT2D eigenvalue weighted by atomic mass is 16.5. The quantitative estimate of drug-likeness (QED) is 0.220. The van der Waals surface area contributed by atoms with E-state index in [0.29, 0.717) is 36.6 Å². The molecular weight excluding hydrogens is 452 g/mol. The molecule has 0 atom stereocenters. The van der Waals surface area contributed by atoms with Crippen molar-refractivity contribution in [2.75, 3.05) is 14.2 Å². The number of rotatable bonds is 11. The van der Waals surface area contributed by atoms with Crippen LogP contribution >= 0.6 is 0 Å². The molecule has 3 rings (SSSR count). The van der Waals surface area contributed by atoms with Crippen molar-refractivity contribution in [3.8, 4) is 23.3 Å². The lowest BCUT2D eigenvalue weighted by atomic mass is 10.0. The maximum atomic E-state index is 12.7. The van der Waals surface area contributed by atoms with E-state index >= 15 is 0 Å². The first kappa shape index (κ1) is 26.1. The van der Waals surface area contributed by atoms with Crippen molar-refractivity contribution in [2.24, 2.45) is 0 Å². The lowest BCUT2D eigenvalue weighted by molar-refractivity contribution is -0.117. The summed E-state index contributed by atoms with van der Waals surface area (Å²) in [5.74, 6) is 1.40. The smallest absolute Gasteiger partial charge is 0.262 e. The molecule has 3 aromatic rings. The van der Waals surface area contributed by atoms with E-state index in [-0.39, 0.29) is 5.57 Å². The van der Waals surface area contributed by atoms with Crippen LogP contribution in [0.3, 0.4) is 0 Å². The lowest BCUT2D eigenvalue weighted by Gasteiger charge is -2.16. The number of carbonyl (C=O) groups is 1. The molecule has 6 heteroatoms. The van der Waals surface area contributed by atoms with E-state index in [1.54, 1.807) is 32.4 Å². The number of hydrogen-bond donors (Lipinski definition) is 1. The summed E-state index contributed by atoms with van der Waals surface area (Å²) >= 11 is 0. The number of allylic oxidation sites excluding steroid dienone is 1. The molecule has 0 aromatic heterocycles. The number of nitriles is 1. The monoisotopic (exact) mass is 482 g/mol. The Kier molecular flexibility index (Phi) is 9.30. The number of ether oxygens (including phenoxy) is 3. The van der Waals surface area contributed by atoms with Crippen LogP contribution in [-0.2, 0) is 24.4 Å². The maximum absolute atomic E-state index is 12.7. The molecule has 1 N–H and O–H groups in total. The number of amides is 1. The molecular formula is C30H30N2O4. The first-order chi connectivity index (χ1) is 17.5. The van der Waals surface area contributed by atoms with Gasteiger partial charge >= 0.3 is 0 Å². The zero-order valence-electron chi connectivity index (χ0n) is 20.8. The minimum atomic E-state index is -0.461. The number of aryl methyl sites for hydroxylation is 1. The molecule has 0 aliphatic heterocycles. The van der Waals surface area contributed by atoms with Crippen molar-refractivity contribution < 1.29 is 19.0 Å². The summed E-state index contributed by atoms with van der Waals surface area (Å²) < 4.78 is 16.9. The summed E-state index contributed by atoms with van der Waals surface area (Å²) in [7, 11) is 3.16. The Labute approximate surface area is 212 Å². The van der Waals surface area contributed by atoms with Gasteiger partial charge in [0.1, 0.15) is 24.0 Å². The van der Waals surface area contributed by atoms with Crippen LogP contribution in [0, 0.1) is 18.3 Å². The minimum absolute atomic E-state index is 0.0107. The van der Waals surface area contributed by atoms with Crippen LogP contribution in [-0.4, -0.2) is 20.1 Å².